The van der Waals surface area contributed by atoms with E-state index in [1.165, 1.54) is 4.90 Å². The van der Waals surface area contributed by atoms with Crippen molar-refractivity contribution in [3.8, 4) is 0 Å². The maximum Gasteiger partial charge on any atom is 0.326 e. The van der Waals surface area contributed by atoms with E-state index >= 15 is 0 Å². The zero-order valence-corrected chi connectivity index (χ0v) is 29.9. The van der Waals surface area contributed by atoms with Gasteiger partial charge in [-0.3, -0.25) is 29.0 Å². The van der Waals surface area contributed by atoms with E-state index in [9.17, 15) is 39.0 Å². The summed E-state index contributed by atoms with van der Waals surface area (Å²) >= 11 is 0. The molecule has 0 radical (unpaired) electrons. The molecule has 18 heteroatoms. The second kappa shape index (κ2) is 22.6. The zero-order chi connectivity index (χ0) is 38.0. The van der Waals surface area contributed by atoms with E-state index in [1.54, 1.807) is 0 Å². The average molecular weight is 713 g/mol. The van der Waals surface area contributed by atoms with Gasteiger partial charge in [-0.1, -0.05) is 27.7 Å². The Morgan fingerprint density at radius 1 is 0.800 bits per heavy atom. The number of nitrogens with zero attached hydrogens (tertiary/aromatic N) is 2. The van der Waals surface area contributed by atoms with Crippen molar-refractivity contribution in [3.63, 3.8) is 0 Å². The number of aliphatic carboxylic acids is 1. The van der Waals surface area contributed by atoms with Gasteiger partial charge >= 0.3 is 5.97 Å². The van der Waals surface area contributed by atoms with Crippen molar-refractivity contribution in [2.75, 3.05) is 26.2 Å². The zero-order valence-electron chi connectivity index (χ0n) is 29.9. The molecule has 0 spiro atoms. The van der Waals surface area contributed by atoms with Crippen LogP contribution in [0.25, 0.3) is 0 Å². The molecule has 6 atom stereocenters. The summed E-state index contributed by atoms with van der Waals surface area (Å²) in [6, 6.07) is -6.62. The number of nitrogens with two attached hydrogens (primary N) is 4. The Morgan fingerprint density at radius 3 is 1.82 bits per heavy atom. The second-order valence-electron chi connectivity index (χ2n) is 13.6. The lowest BCUT2D eigenvalue weighted by Gasteiger charge is -2.29. The Morgan fingerprint density at radius 2 is 1.32 bits per heavy atom. The third-order valence-corrected chi connectivity index (χ3v) is 8.17. The van der Waals surface area contributed by atoms with Crippen LogP contribution in [0.5, 0.6) is 0 Å². The van der Waals surface area contributed by atoms with Crippen molar-refractivity contribution < 1.29 is 39.0 Å². The number of aliphatic imine (C=N–C) groups is 1. The molecule has 1 saturated heterocycles. The maximum atomic E-state index is 13.7. The van der Waals surface area contributed by atoms with Gasteiger partial charge in [0.15, 0.2) is 5.96 Å². The van der Waals surface area contributed by atoms with Crippen molar-refractivity contribution in [3.05, 3.63) is 0 Å². The predicted octanol–water partition coefficient (Wildman–Crippen LogP) is -2.40. The number of nitrogens with one attached hydrogen (secondary N) is 4. The van der Waals surface area contributed by atoms with E-state index < -0.39 is 78.4 Å². The molecule has 0 saturated carbocycles. The van der Waals surface area contributed by atoms with Gasteiger partial charge in [0.1, 0.15) is 36.3 Å². The Hall–Kier alpha value is -4.03. The lowest BCUT2D eigenvalue weighted by molar-refractivity contribution is -0.143. The summed E-state index contributed by atoms with van der Waals surface area (Å²) in [5, 5.41) is 29.7. The van der Waals surface area contributed by atoms with Crippen LogP contribution >= 0.6 is 0 Å². The molecule has 0 aromatic carbocycles. The standard InChI is InChI=1S/C32H60N10O8/c1-18(2)15-23(40-29(47)25-11-8-14-42(25)30(48)20(34)17-43)28(46)39-21(9-5-6-12-33)26(44)38-22(10-7-13-37-32(35)36)27(45)41-24(31(49)50)16-19(3)4/h18-25,43H,5-17,33-34H2,1-4H3,(H,38,44)(H,39,46)(H,40,47)(H,41,45)(H,49,50)(H4,35,36,37)/t20-,21-,22-,23-,24-,25-/m0/s1. The minimum Gasteiger partial charge on any atom is -0.480 e. The number of aliphatic hydroxyl groups excluding tert-OH is 1. The highest BCUT2D eigenvalue weighted by Crippen LogP contribution is 2.19. The fourth-order valence-corrected chi connectivity index (χ4v) is 5.61. The minimum atomic E-state index is -1.22. The first-order chi connectivity index (χ1) is 23.5. The van der Waals surface area contributed by atoms with Gasteiger partial charge in [0.05, 0.1) is 6.61 Å². The number of aliphatic hydroxyl groups is 1. The van der Waals surface area contributed by atoms with Crippen molar-refractivity contribution in [1.29, 1.82) is 0 Å². The number of carboxylic acid groups (broad SMARTS) is 1. The van der Waals surface area contributed by atoms with Crippen LogP contribution in [0.2, 0.25) is 0 Å². The quantitative estimate of drug-likeness (QED) is 0.0301. The molecule has 0 unspecified atom stereocenters. The van der Waals surface area contributed by atoms with E-state index in [4.69, 9.17) is 22.9 Å². The first-order valence-corrected chi connectivity index (χ1v) is 17.4. The van der Waals surface area contributed by atoms with Gasteiger partial charge in [0.25, 0.3) is 0 Å². The molecule has 286 valence electrons. The Kier molecular flexibility index (Phi) is 19.9. The fourth-order valence-electron chi connectivity index (χ4n) is 5.61. The molecule has 0 bridgehead atoms. The highest BCUT2D eigenvalue weighted by molar-refractivity contribution is 5.96. The lowest BCUT2D eigenvalue weighted by Crippen LogP contribution is -2.59. The Labute approximate surface area is 294 Å². The molecule has 0 aliphatic carbocycles. The topological polar surface area (TPSA) is 311 Å². The van der Waals surface area contributed by atoms with Crippen LogP contribution in [0.15, 0.2) is 4.99 Å². The first-order valence-electron chi connectivity index (χ1n) is 17.4. The van der Waals surface area contributed by atoms with Crippen LogP contribution in [-0.2, 0) is 28.8 Å². The monoisotopic (exact) mass is 712 g/mol. The smallest absolute Gasteiger partial charge is 0.326 e. The largest absolute Gasteiger partial charge is 0.480 e. The van der Waals surface area contributed by atoms with Crippen molar-refractivity contribution in [2.24, 2.45) is 39.8 Å². The maximum absolute atomic E-state index is 13.7. The second-order valence-corrected chi connectivity index (χ2v) is 13.6. The SMILES string of the molecule is CC(C)C[C@H](NC(=O)[C@H](CCCN=C(N)N)NC(=O)[C@H](CCCCN)NC(=O)[C@H](CC(C)C)NC(=O)[C@@H]1CCCN1C(=O)[C@@H](N)CO)C(=O)O. The van der Waals surface area contributed by atoms with Gasteiger partial charge in [-0.25, -0.2) is 4.79 Å². The number of carboxylic acids is 1. The number of carbonyl (C=O) groups is 6. The number of guanidine groups is 1. The number of carbonyl (C=O) groups excluding carboxylic acids is 5. The summed E-state index contributed by atoms with van der Waals surface area (Å²) in [7, 11) is 0. The van der Waals surface area contributed by atoms with Gasteiger partial charge in [0.2, 0.25) is 29.5 Å². The highest BCUT2D eigenvalue weighted by atomic mass is 16.4. The number of likely N-dealkylation sites (tertiary alicyclic amines) is 1. The van der Waals surface area contributed by atoms with Gasteiger partial charge in [-0.05, 0) is 76.2 Å². The number of hydrogen-bond donors (Lipinski definition) is 10. The summed E-state index contributed by atoms with van der Waals surface area (Å²) in [5.41, 5.74) is 22.2. The normalized spacial score (nSPS) is 17.3. The average Bonchev–Trinajstić information content (AvgIpc) is 3.53. The molecule has 14 N–H and O–H groups in total. The molecule has 1 fully saturated rings. The third-order valence-electron chi connectivity index (χ3n) is 8.17. The summed E-state index contributed by atoms with van der Waals surface area (Å²) in [4.78, 5) is 83.9. The van der Waals surface area contributed by atoms with E-state index in [0.29, 0.717) is 32.2 Å². The molecule has 1 aliphatic heterocycles. The molecule has 50 heavy (non-hydrogen) atoms. The van der Waals surface area contributed by atoms with Gasteiger partial charge < -0.3 is 59.3 Å². The molecule has 5 amide bonds. The van der Waals surface area contributed by atoms with Crippen molar-refractivity contribution in [1.82, 2.24) is 26.2 Å². The minimum absolute atomic E-state index is 0.0388. The van der Waals surface area contributed by atoms with Crippen LogP contribution in [0.3, 0.4) is 0 Å². The summed E-state index contributed by atoms with van der Waals surface area (Å²) in [5.74, 6) is -4.62. The van der Waals surface area contributed by atoms with Gasteiger partial charge in [-0.15, -0.1) is 0 Å². The molecule has 1 heterocycles. The van der Waals surface area contributed by atoms with Gasteiger partial charge in [-0.2, -0.15) is 0 Å². The third kappa shape index (κ3) is 15.7. The van der Waals surface area contributed by atoms with E-state index in [2.05, 4.69) is 26.3 Å². The van der Waals surface area contributed by atoms with Crippen LogP contribution in [0, 0.1) is 11.8 Å². The number of unbranched alkanes of at least 4 members (excludes halogenated alkanes) is 1. The van der Waals surface area contributed by atoms with Crippen molar-refractivity contribution >= 4 is 41.5 Å². The molecular formula is C32H60N10O8. The molecular weight excluding hydrogens is 652 g/mol. The number of amides is 5. The molecule has 1 aliphatic rings. The van der Waals surface area contributed by atoms with E-state index in [1.807, 2.05) is 27.7 Å². The molecule has 0 aromatic heterocycles. The number of hydrogen-bond acceptors (Lipinski definition) is 10. The summed E-state index contributed by atoms with van der Waals surface area (Å²) in [6.45, 7) is 7.55. The van der Waals surface area contributed by atoms with Crippen LogP contribution in [0.4, 0.5) is 0 Å². The van der Waals surface area contributed by atoms with Crippen molar-refractivity contribution in [2.45, 2.75) is 122 Å². The molecule has 0 aromatic rings. The van der Waals surface area contributed by atoms with E-state index in [-0.39, 0.29) is 63.0 Å². The van der Waals surface area contributed by atoms with Crippen LogP contribution in [-0.4, -0.2) is 119 Å². The van der Waals surface area contributed by atoms with E-state index in [0.717, 1.165) is 0 Å². The predicted molar refractivity (Wildman–Crippen MR) is 187 cm³/mol. The molecule has 1 rings (SSSR count). The highest BCUT2D eigenvalue weighted by Gasteiger charge is 2.38. The molecule has 18 nitrogen and oxygen atoms in total. The summed E-state index contributed by atoms with van der Waals surface area (Å²) in [6.07, 6.45) is 2.77. The van der Waals surface area contributed by atoms with Crippen LogP contribution in [0.1, 0.15) is 85.5 Å². The van der Waals surface area contributed by atoms with Crippen LogP contribution < -0.4 is 44.2 Å². The first kappa shape index (κ1) is 44.0. The lowest BCUT2D eigenvalue weighted by atomic mass is 10.0. The summed E-state index contributed by atoms with van der Waals surface area (Å²) < 4.78 is 0. The Balaban J connectivity index is 3.24. The Bertz CT molecular complexity index is 1160. The number of rotatable bonds is 23. The van der Waals surface area contributed by atoms with Gasteiger partial charge in [0, 0.05) is 13.1 Å². The fraction of sp³-hybridized carbons (Fsp3) is 0.781.